The van der Waals surface area contributed by atoms with Crippen molar-refractivity contribution in [3.8, 4) is 0 Å². The van der Waals surface area contributed by atoms with E-state index in [4.69, 9.17) is 5.11 Å². The van der Waals surface area contributed by atoms with Gasteiger partial charge in [-0.15, -0.1) is 11.3 Å². The van der Waals surface area contributed by atoms with Gasteiger partial charge in [-0.05, 0) is 49.1 Å². The first-order chi connectivity index (χ1) is 9.63. The van der Waals surface area contributed by atoms with Crippen LogP contribution < -0.4 is 0 Å². The molecular formula is C15H21NO3S. The standard InChI is InChI=1S/C15H21NO3S/c1-2-11-8-10-20-14(11)15(19)16-9-4-3-5-12(16)6-7-13(17)18/h8,10,12H,2-7,9H2,1H3,(H,17,18)/t12-/m1/s1. The number of hydrogen-bond acceptors (Lipinski definition) is 3. The molecule has 1 aliphatic heterocycles. The van der Waals surface area contributed by atoms with Crippen LogP contribution >= 0.6 is 11.3 Å². The Morgan fingerprint density at radius 1 is 1.45 bits per heavy atom. The summed E-state index contributed by atoms with van der Waals surface area (Å²) in [5, 5.41) is 10.8. The molecule has 5 heteroatoms. The monoisotopic (exact) mass is 295 g/mol. The van der Waals surface area contributed by atoms with Crippen molar-refractivity contribution in [2.75, 3.05) is 6.54 Å². The normalized spacial score (nSPS) is 19.1. The van der Waals surface area contributed by atoms with Gasteiger partial charge in [0.05, 0.1) is 4.88 Å². The Morgan fingerprint density at radius 3 is 2.95 bits per heavy atom. The molecule has 110 valence electrons. The SMILES string of the molecule is CCc1ccsc1C(=O)N1CCCC[C@@H]1CCC(=O)O. The largest absolute Gasteiger partial charge is 0.481 e. The molecule has 2 heterocycles. The van der Waals surface area contributed by atoms with Crippen LogP contribution in [0.15, 0.2) is 11.4 Å². The van der Waals surface area contributed by atoms with Crippen molar-refractivity contribution >= 4 is 23.2 Å². The van der Waals surface area contributed by atoms with Gasteiger partial charge in [0.1, 0.15) is 0 Å². The molecule has 1 saturated heterocycles. The Hall–Kier alpha value is -1.36. The van der Waals surface area contributed by atoms with Gasteiger partial charge in [0.15, 0.2) is 0 Å². The van der Waals surface area contributed by atoms with E-state index in [9.17, 15) is 9.59 Å². The van der Waals surface area contributed by atoms with Crippen molar-refractivity contribution < 1.29 is 14.7 Å². The fourth-order valence-corrected chi connectivity index (χ4v) is 3.74. The van der Waals surface area contributed by atoms with Crippen LogP contribution in [0.25, 0.3) is 0 Å². The summed E-state index contributed by atoms with van der Waals surface area (Å²) in [4.78, 5) is 26.2. The zero-order chi connectivity index (χ0) is 14.5. The third-order valence-corrected chi connectivity index (χ3v) is 4.85. The number of amides is 1. The molecule has 0 bridgehead atoms. The van der Waals surface area contributed by atoms with Crippen LogP contribution in [0.5, 0.6) is 0 Å². The Labute approximate surface area is 123 Å². The number of aryl methyl sites for hydroxylation is 1. The van der Waals surface area contributed by atoms with E-state index in [-0.39, 0.29) is 18.4 Å². The van der Waals surface area contributed by atoms with Crippen molar-refractivity contribution in [1.82, 2.24) is 4.90 Å². The van der Waals surface area contributed by atoms with Crippen molar-refractivity contribution in [2.24, 2.45) is 0 Å². The molecule has 0 aliphatic carbocycles. The molecule has 0 aromatic carbocycles. The highest BCUT2D eigenvalue weighted by Gasteiger charge is 2.29. The number of carboxylic acid groups (broad SMARTS) is 1. The molecule has 2 rings (SSSR count). The second kappa shape index (κ2) is 6.88. The van der Waals surface area contributed by atoms with Gasteiger partial charge >= 0.3 is 5.97 Å². The van der Waals surface area contributed by atoms with E-state index >= 15 is 0 Å². The van der Waals surface area contributed by atoms with Crippen LogP contribution in [-0.4, -0.2) is 34.5 Å². The number of aliphatic carboxylic acids is 1. The Bertz CT molecular complexity index is 483. The predicted molar refractivity (Wildman–Crippen MR) is 79.2 cm³/mol. The number of thiophene rings is 1. The van der Waals surface area contributed by atoms with Crippen molar-refractivity contribution in [1.29, 1.82) is 0 Å². The van der Waals surface area contributed by atoms with E-state index < -0.39 is 5.97 Å². The van der Waals surface area contributed by atoms with Gasteiger partial charge < -0.3 is 10.0 Å². The van der Waals surface area contributed by atoms with Gasteiger partial charge in [0.2, 0.25) is 0 Å². The topological polar surface area (TPSA) is 57.6 Å². The molecule has 0 unspecified atom stereocenters. The summed E-state index contributed by atoms with van der Waals surface area (Å²) in [5.41, 5.74) is 1.10. The lowest BCUT2D eigenvalue weighted by atomic mass is 9.97. The maximum atomic E-state index is 12.7. The molecule has 20 heavy (non-hydrogen) atoms. The number of carbonyl (C=O) groups excluding carboxylic acids is 1. The summed E-state index contributed by atoms with van der Waals surface area (Å²) in [6, 6.07) is 2.09. The second-order valence-corrected chi connectivity index (χ2v) is 6.13. The average molecular weight is 295 g/mol. The van der Waals surface area contributed by atoms with Gasteiger partial charge in [-0.25, -0.2) is 0 Å². The highest BCUT2D eigenvalue weighted by molar-refractivity contribution is 7.12. The first kappa shape index (κ1) is 15.0. The number of piperidine rings is 1. The smallest absolute Gasteiger partial charge is 0.303 e. The highest BCUT2D eigenvalue weighted by atomic mass is 32.1. The van der Waals surface area contributed by atoms with Crippen molar-refractivity contribution in [3.05, 3.63) is 21.9 Å². The molecule has 0 saturated carbocycles. The lowest BCUT2D eigenvalue weighted by molar-refractivity contribution is -0.137. The van der Waals surface area contributed by atoms with Gasteiger partial charge in [0.25, 0.3) is 5.91 Å². The summed E-state index contributed by atoms with van der Waals surface area (Å²) in [6.07, 6.45) is 4.58. The van der Waals surface area contributed by atoms with E-state index in [0.29, 0.717) is 6.42 Å². The Kier molecular flexibility index (Phi) is 5.17. The maximum absolute atomic E-state index is 12.7. The predicted octanol–water partition coefficient (Wildman–Crippen LogP) is 3.17. The van der Waals surface area contributed by atoms with Crippen molar-refractivity contribution in [2.45, 2.75) is 51.5 Å². The fourth-order valence-electron chi connectivity index (χ4n) is 2.79. The summed E-state index contributed by atoms with van der Waals surface area (Å²) < 4.78 is 0. The second-order valence-electron chi connectivity index (χ2n) is 5.21. The van der Waals surface area contributed by atoms with Crippen LogP contribution in [0, 0.1) is 0 Å². The Balaban J connectivity index is 2.11. The van der Waals surface area contributed by atoms with Gasteiger partial charge in [0, 0.05) is 19.0 Å². The number of likely N-dealkylation sites (tertiary alicyclic amines) is 1. The van der Waals surface area contributed by atoms with Crippen molar-refractivity contribution in [3.63, 3.8) is 0 Å². The van der Waals surface area contributed by atoms with E-state index in [1.54, 1.807) is 0 Å². The molecule has 1 atom stereocenters. The van der Waals surface area contributed by atoms with Crippen LogP contribution in [0.2, 0.25) is 0 Å². The molecule has 1 N–H and O–H groups in total. The summed E-state index contributed by atoms with van der Waals surface area (Å²) >= 11 is 1.49. The van der Waals surface area contributed by atoms with Crippen LogP contribution in [0.1, 0.15) is 54.3 Å². The molecule has 1 aromatic rings. The zero-order valence-electron chi connectivity index (χ0n) is 11.8. The van der Waals surface area contributed by atoms with E-state index in [1.807, 2.05) is 16.3 Å². The minimum atomic E-state index is -0.784. The molecule has 0 radical (unpaired) electrons. The summed E-state index contributed by atoms with van der Waals surface area (Å²) in [5.74, 6) is -0.694. The number of rotatable bonds is 5. The highest BCUT2D eigenvalue weighted by Crippen LogP contribution is 2.26. The third kappa shape index (κ3) is 3.39. The number of carboxylic acids is 1. The number of hydrogen-bond donors (Lipinski definition) is 1. The van der Waals surface area contributed by atoms with Crippen LogP contribution in [0.3, 0.4) is 0 Å². The molecule has 4 nitrogen and oxygen atoms in total. The third-order valence-electron chi connectivity index (χ3n) is 3.90. The molecule has 1 aromatic heterocycles. The molecule has 1 amide bonds. The quantitative estimate of drug-likeness (QED) is 0.907. The van der Waals surface area contributed by atoms with Gasteiger partial charge in [-0.3, -0.25) is 9.59 Å². The van der Waals surface area contributed by atoms with Crippen LogP contribution in [0.4, 0.5) is 0 Å². The summed E-state index contributed by atoms with van der Waals surface area (Å²) in [6.45, 7) is 2.81. The minimum Gasteiger partial charge on any atom is -0.481 e. The minimum absolute atomic E-state index is 0.0826. The first-order valence-corrected chi connectivity index (χ1v) is 8.10. The molecular weight excluding hydrogens is 274 g/mol. The average Bonchev–Trinajstić information content (AvgIpc) is 2.93. The van der Waals surface area contributed by atoms with E-state index in [1.165, 1.54) is 11.3 Å². The van der Waals surface area contributed by atoms with E-state index in [0.717, 1.165) is 42.7 Å². The molecule has 1 aliphatic rings. The van der Waals surface area contributed by atoms with Gasteiger partial charge in [-0.1, -0.05) is 6.92 Å². The summed E-state index contributed by atoms with van der Waals surface area (Å²) in [7, 11) is 0. The van der Waals surface area contributed by atoms with E-state index in [2.05, 4.69) is 6.92 Å². The Morgan fingerprint density at radius 2 is 2.25 bits per heavy atom. The van der Waals surface area contributed by atoms with Crippen LogP contribution in [-0.2, 0) is 11.2 Å². The fraction of sp³-hybridized carbons (Fsp3) is 0.600. The first-order valence-electron chi connectivity index (χ1n) is 7.22. The zero-order valence-corrected chi connectivity index (χ0v) is 12.6. The lowest BCUT2D eigenvalue weighted by Gasteiger charge is -2.35. The maximum Gasteiger partial charge on any atom is 0.303 e. The molecule has 0 spiro atoms. The number of nitrogens with zero attached hydrogens (tertiary/aromatic N) is 1. The number of carbonyl (C=O) groups is 2. The molecule has 1 fully saturated rings. The van der Waals surface area contributed by atoms with Gasteiger partial charge in [-0.2, -0.15) is 0 Å². The lowest BCUT2D eigenvalue weighted by Crippen LogP contribution is -2.43.